The van der Waals surface area contributed by atoms with Gasteiger partial charge < -0.3 is 8.87 Å². The second-order valence-corrected chi connectivity index (χ2v) is 8.43. The van der Waals surface area contributed by atoms with Gasteiger partial charge in [-0.05, 0) is 73.2 Å². The van der Waals surface area contributed by atoms with Crippen LogP contribution in [0.1, 0.15) is 39.4 Å². The van der Waals surface area contributed by atoms with Gasteiger partial charge in [0.05, 0.1) is 11.0 Å². The van der Waals surface area contributed by atoms with Crippen molar-refractivity contribution in [3.05, 3.63) is 54.1 Å². The fourth-order valence-electron chi connectivity index (χ4n) is 3.07. The molecule has 0 saturated heterocycles. The average molecular weight is 386 g/mol. The maximum atomic E-state index is 13.2. The van der Waals surface area contributed by atoms with E-state index in [-0.39, 0.29) is 5.82 Å². The number of benzene rings is 2. The Hall–Kier alpha value is -2.01. The zero-order valence-electron chi connectivity index (χ0n) is 16.6. The summed E-state index contributed by atoms with van der Waals surface area (Å²) in [5.41, 5.74) is 3.34. The summed E-state index contributed by atoms with van der Waals surface area (Å²) >= 11 is 1.65. The van der Waals surface area contributed by atoms with Crippen molar-refractivity contribution in [2.45, 2.75) is 44.9 Å². The van der Waals surface area contributed by atoms with Crippen LogP contribution in [0.15, 0.2) is 47.4 Å². The van der Waals surface area contributed by atoms with Gasteiger partial charge in [0.15, 0.2) is 0 Å². The molecule has 0 spiro atoms. The number of aromatic nitrogens is 2. The van der Waals surface area contributed by atoms with Crippen molar-refractivity contribution in [2.24, 2.45) is 13.0 Å². The normalized spacial score (nSPS) is 11.5. The molecule has 0 unspecified atom stereocenters. The lowest BCUT2D eigenvalue weighted by atomic mass is 10.1. The van der Waals surface area contributed by atoms with E-state index < -0.39 is 0 Å². The Balaban J connectivity index is 1.91. The van der Waals surface area contributed by atoms with Gasteiger partial charge in [-0.1, -0.05) is 20.8 Å². The Morgan fingerprint density at radius 3 is 2.56 bits per heavy atom. The summed E-state index contributed by atoms with van der Waals surface area (Å²) < 4.78 is 17.7. The summed E-state index contributed by atoms with van der Waals surface area (Å²) in [6, 6.07) is 13.2. The summed E-state index contributed by atoms with van der Waals surface area (Å²) in [6.45, 7) is 7.58. The van der Waals surface area contributed by atoms with Gasteiger partial charge in [0, 0.05) is 30.6 Å². The molecule has 0 saturated carbocycles. The molecule has 0 fully saturated rings. The van der Waals surface area contributed by atoms with Crippen LogP contribution in [0.5, 0.6) is 0 Å². The molecule has 3 nitrogen and oxygen atoms in total. The van der Waals surface area contributed by atoms with Crippen molar-refractivity contribution in [3.63, 3.8) is 0 Å². The highest BCUT2D eigenvalue weighted by atomic mass is 32.2. The summed E-state index contributed by atoms with van der Waals surface area (Å²) in [7, 11) is 2.09. The average Bonchev–Trinajstić information content (AvgIpc) is 2.95. The fourth-order valence-corrected chi connectivity index (χ4v) is 3.99. The Morgan fingerprint density at radius 1 is 1.15 bits per heavy atom. The topological polar surface area (TPSA) is 21.1 Å². The number of hydrogen-bond donors (Lipinski definition) is 0. The Bertz CT molecular complexity index is 886. The van der Waals surface area contributed by atoms with Crippen molar-refractivity contribution in [2.75, 3.05) is 10.8 Å². The van der Waals surface area contributed by atoms with Gasteiger partial charge >= 0.3 is 0 Å². The van der Waals surface area contributed by atoms with E-state index in [0.717, 1.165) is 53.2 Å². The van der Waals surface area contributed by atoms with Crippen LogP contribution in [-0.4, -0.2) is 16.1 Å². The molecule has 0 aliphatic carbocycles. The van der Waals surface area contributed by atoms with Gasteiger partial charge in [-0.3, -0.25) is 0 Å². The quantitative estimate of drug-likeness (QED) is 0.429. The number of imidazole rings is 1. The third-order valence-electron chi connectivity index (χ3n) is 4.66. The van der Waals surface area contributed by atoms with Crippen LogP contribution in [0.2, 0.25) is 0 Å². The number of rotatable bonds is 8. The number of aryl methyl sites for hydroxylation is 2. The van der Waals surface area contributed by atoms with Crippen LogP contribution in [-0.2, 0) is 13.5 Å². The van der Waals surface area contributed by atoms with E-state index in [2.05, 4.69) is 54.9 Å². The maximum Gasteiger partial charge on any atom is 0.123 e. The van der Waals surface area contributed by atoms with Gasteiger partial charge in [-0.2, -0.15) is 0 Å². The van der Waals surface area contributed by atoms with Gasteiger partial charge in [0.25, 0.3) is 0 Å². The second kappa shape index (κ2) is 8.79. The van der Waals surface area contributed by atoms with Gasteiger partial charge in [0.2, 0.25) is 0 Å². The first kappa shape index (κ1) is 19.7. The zero-order chi connectivity index (χ0) is 19.4. The molecule has 0 amide bonds. The van der Waals surface area contributed by atoms with Crippen molar-refractivity contribution in [3.8, 4) is 0 Å². The van der Waals surface area contributed by atoms with Gasteiger partial charge in [-0.25, -0.2) is 9.37 Å². The molecule has 5 heteroatoms. The number of nitrogens with zero attached hydrogens (tertiary/aromatic N) is 3. The van der Waals surface area contributed by atoms with E-state index in [1.165, 1.54) is 12.1 Å². The molecule has 1 aromatic heterocycles. The summed E-state index contributed by atoms with van der Waals surface area (Å²) in [5.74, 6) is 1.55. The molecule has 3 rings (SSSR count). The van der Waals surface area contributed by atoms with E-state index in [1.54, 1.807) is 11.9 Å². The highest BCUT2D eigenvalue weighted by molar-refractivity contribution is 8.00. The highest BCUT2D eigenvalue weighted by Crippen LogP contribution is 2.32. The minimum atomic E-state index is -0.202. The molecular weight excluding hydrogens is 357 g/mol. The molecular formula is C22H28FN3S. The second-order valence-electron chi connectivity index (χ2n) is 7.34. The molecule has 0 radical (unpaired) electrons. The first-order valence-electron chi connectivity index (χ1n) is 9.64. The highest BCUT2D eigenvalue weighted by Gasteiger charge is 2.13. The van der Waals surface area contributed by atoms with Crippen molar-refractivity contribution < 1.29 is 4.39 Å². The molecule has 3 aromatic rings. The van der Waals surface area contributed by atoms with E-state index in [4.69, 9.17) is 4.98 Å². The van der Waals surface area contributed by atoms with Gasteiger partial charge in [0.1, 0.15) is 11.6 Å². The molecule has 1 heterocycles. The van der Waals surface area contributed by atoms with Crippen molar-refractivity contribution in [1.82, 2.24) is 9.55 Å². The predicted molar refractivity (Wildman–Crippen MR) is 114 cm³/mol. The van der Waals surface area contributed by atoms with E-state index >= 15 is 0 Å². The maximum absolute atomic E-state index is 13.2. The molecule has 0 bridgehead atoms. The minimum absolute atomic E-state index is 0.202. The summed E-state index contributed by atoms with van der Waals surface area (Å²) in [4.78, 5) is 5.87. The Morgan fingerprint density at radius 2 is 1.89 bits per heavy atom. The first-order valence-corrected chi connectivity index (χ1v) is 10.4. The lowest BCUT2D eigenvalue weighted by Crippen LogP contribution is -2.17. The summed E-state index contributed by atoms with van der Waals surface area (Å²) in [5, 5.41) is 0. The fraction of sp³-hybridized carbons (Fsp3) is 0.409. The molecule has 27 heavy (non-hydrogen) atoms. The number of anilines is 1. The predicted octanol–water partition coefficient (Wildman–Crippen LogP) is 6.22. The number of hydrogen-bond acceptors (Lipinski definition) is 3. The first-order chi connectivity index (χ1) is 13.0. The SMILES string of the molecule is CCCc1nc2cc(N(CCC(C)C)Sc3ccc(F)cc3)ccc2n1C. The van der Waals surface area contributed by atoms with E-state index in [0.29, 0.717) is 5.92 Å². The number of fused-ring (bicyclic) bond motifs is 1. The van der Waals surface area contributed by atoms with E-state index in [9.17, 15) is 4.39 Å². The lowest BCUT2D eigenvalue weighted by Gasteiger charge is -2.24. The van der Waals surface area contributed by atoms with Crippen LogP contribution < -0.4 is 4.31 Å². The van der Waals surface area contributed by atoms with Crippen LogP contribution in [0, 0.1) is 11.7 Å². The van der Waals surface area contributed by atoms with Gasteiger partial charge in [-0.15, -0.1) is 0 Å². The molecule has 2 aromatic carbocycles. The van der Waals surface area contributed by atoms with Crippen molar-refractivity contribution >= 4 is 28.7 Å². The van der Waals surface area contributed by atoms with Crippen molar-refractivity contribution in [1.29, 1.82) is 0 Å². The Labute approximate surface area is 165 Å². The third-order valence-corrected chi connectivity index (χ3v) is 5.75. The molecule has 0 N–H and O–H groups in total. The monoisotopic (exact) mass is 385 g/mol. The molecule has 0 atom stereocenters. The Kier molecular flexibility index (Phi) is 6.42. The summed E-state index contributed by atoms with van der Waals surface area (Å²) in [6.07, 6.45) is 3.17. The lowest BCUT2D eigenvalue weighted by molar-refractivity contribution is 0.598. The third kappa shape index (κ3) is 4.83. The minimum Gasteiger partial charge on any atom is -0.331 e. The van der Waals surface area contributed by atoms with Crippen LogP contribution >= 0.6 is 11.9 Å². The number of halogens is 1. The smallest absolute Gasteiger partial charge is 0.123 e. The molecule has 0 aliphatic rings. The molecule has 144 valence electrons. The standard InChI is InChI=1S/C22H28FN3S/c1-5-6-22-24-20-15-18(9-12-21(20)25(22)4)26(14-13-16(2)3)27-19-10-7-17(23)8-11-19/h7-12,15-16H,5-6,13-14H2,1-4H3. The van der Waals surface area contributed by atoms with Crippen LogP contribution in [0.3, 0.4) is 0 Å². The molecule has 0 aliphatic heterocycles. The zero-order valence-corrected chi connectivity index (χ0v) is 17.4. The van der Waals surface area contributed by atoms with Crippen LogP contribution in [0.4, 0.5) is 10.1 Å². The van der Waals surface area contributed by atoms with E-state index in [1.807, 2.05) is 12.1 Å². The van der Waals surface area contributed by atoms with Crippen LogP contribution in [0.25, 0.3) is 11.0 Å². The largest absolute Gasteiger partial charge is 0.331 e.